The molecule has 8 heteroatoms. The lowest BCUT2D eigenvalue weighted by Gasteiger charge is -2.35. The summed E-state index contributed by atoms with van der Waals surface area (Å²) in [5.74, 6) is 1.44. The van der Waals surface area contributed by atoms with Crippen LogP contribution in [0.4, 0.5) is 0 Å². The summed E-state index contributed by atoms with van der Waals surface area (Å²) >= 11 is 1.67. The van der Waals surface area contributed by atoms with Gasteiger partial charge in [0.2, 0.25) is 0 Å². The summed E-state index contributed by atoms with van der Waals surface area (Å²) in [6, 6.07) is 4.07. The zero-order valence-electron chi connectivity index (χ0n) is 18.3. The molecule has 7 nitrogen and oxygen atoms in total. The van der Waals surface area contributed by atoms with Gasteiger partial charge in [0.05, 0.1) is 30.9 Å². The maximum absolute atomic E-state index is 12.9. The van der Waals surface area contributed by atoms with Crippen LogP contribution in [0, 0.1) is 0 Å². The van der Waals surface area contributed by atoms with Gasteiger partial charge in [-0.25, -0.2) is 4.98 Å². The number of H-pyrrole nitrogens is 1. The molecular formula is C24H31N3O4S. The van der Waals surface area contributed by atoms with Crippen molar-refractivity contribution in [3.8, 4) is 0 Å². The van der Waals surface area contributed by atoms with Gasteiger partial charge in [-0.15, -0.1) is 11.3 Å². The first-order valence-electron chi connectivity index (χ1n) is 11.7. The Morgan fingerprint density at radius 2 is 2.16 bits per heavy atom. The van der Waals surface area contributed by atoms with Gasteiger partial charge >= 0.3 is 0 Å². The quantitative estimate of drug-likeness (QED) is 0.508. The SMILES string of the molecule is O=c1[nH]c(CN(C[C@@H](O)COCc2ccco2)C2CCCCC2)nc2sc3c(c12)CCC3. The molecule has 3 heterocycles. The summed E-state index contributed by atoms with van der Waals surface area (Å²) in [5, 5.41) is 11.5. The van der Waals surface area contributed by atoms with Gasteiger partial charge in [-0.05, 0) is 49.8 Å². The van der Waals surface area contributed by atoms with E-state index in [-0.39, 0.29) is 12.2 Å². The number of aliphatic hydroxyl groups excluding tert-OH is 1. The fourth-order valence-electron chi connectivity index (χ4n) is 5.12. The summed E-state index contributed by atoms with van der Waals surface area (Å²) in [7, 11) is 0. The highest BCUT2D eigenvalue weighted by Crippen LogP contribution is 2.34. The van der Waals surface area contributed by atoms with Gasteiger partial charge in [-0.1, -0.05) is 19.3 Å². The van der Waals surface area contributed by atoms with Crippen LogP contribution >= 0.6 is 11.3 Å². The smallest absolute Gasteiger partial charge is 0.259 e. The molecule has 0 aliphatic heterocycles. The van der Waals surface area contributed by atoms with Crippen LogP contribution in [0.3, 0.4) is 0 Å². The van der Waals surface area contributed by atoms with E-state index in [4.69, 9.17) is 14.1 Å². The number of furan rings is 1. The van der Waals surface area contributed by atoms with Gasteiger partial charge in [0.1, 0.15) is 23.0 Å². The first-order valence-corrected chi connectivity index (χ1v) is 12.5. The highest BCUT2D eigenvalue weighted by molar-refractivity contribution is 7.18. The molecule has 0 spiro atoms. The predicted molar refractivity (Wildman–Crippen MR) is 124 cm³/mol. The minimum Gasteiger partial charge on any atom is -0.467 e. The number of aliphatic hydroxyl groups is 1. The molecule has 32 heavy (non-hydrogen) atoms. The number of hydrogen-bond donors (Lipinski definition) is 2. The van der Waals surface area contributed by atoms with Crippen molar-refractivity contribution in [1.29, 1.82) is 0 Å². The molecule has 0 saturated heterocycles. The summed E-state index contributed by atoms with van der Waals surface area (Å²) in [6.45, 7) is 1.62. The number of aromatic nitrogens is 2. The summed E-state index contributed by atoms with van der Waals surface area (Å²) in [5.41, 5.74) is 1.19. The number of aromatic amines is 1. The summed E-state index contributed by atoms with van der Waals surface area (Å²) in [6.07, 6.45) is 10.1. The molecule has 2 N–H and O–H groups in total. The standard InChI is InChI=1S/C24H31N3O4S/c28-17(14-30-15-18-8-5-11-31-18)12-27(16-6-2-1-3-7-16)13-21-25-23(29)22-19-9-4-10-20(19)32-24(22)26-21/h5,8,11,16-17,28H,1-4,6-7,9-10,12-15H2,(H,25,26,29)/t17-/m1/s1. The first kappa shape index (κ1) is 21.8. The van der Waals surface area contributed by atoms with Crippen LogP contribution < -0.4 is 5.56 Å². The Bertz CT molecular complexity index is 1080. The van der Waals surface area contributed by atoms with E-state index in [1.165, 1.54) is 29.7 Å². The van der Waals surface area contributed by atoms with Crippen LogP contribution in [0.2, 0.25) is 0 Å². The maximum atomic E-state index is 12.9. The van der Waals surface area contributed by atoms with Crippen LogP contribution in [0.15, 0.2) is 27.6 Å². The molecule has 3 aromatic rings. The minimum atomic E-state index is -0.618. The molecule has 2 aliphatic carbocycles. The third-order valence-electron chi connectivity index (χ3n) is 6.65. The number of nitrogens with zero attached hydrogens (tertiary/aromatic N) is 2. The van der Waals surface area contributed by atoms with Crippen molar-refractivity contribution in [3.63, 3.8) is 0 Å². The molecule has 1 fully saturated rings. The second-order valence-electron chi connectivity index (χ2n) is 9.02. The number of ether oxygens (including phenoxy) is 1. The minimum absolute atomic E-state index is 0.0182. The molecule has 0 unspecified atom stereocenters. The molecule has 5 rings (SSSR count). The van der Waals surface area contributed by atoms with Crippen molar-refractivity contribution in [2.45, 2.75) is 76.7 Å². The highest BCUT2D eigenvalue weighted by atomic mass is 32.1. The zero-order chi connectivity index (χ0) is 21.9. The predicted octanol–water partition coefficient (Wildman–Crippen LogP) is 3.78. The lowest BCUT2D eigenvalue weighted by Crippen LogP contribution is -2.43. The number of nitrogens with one attached hydrogen (secondary N) is 1. The number of fused-ring (bicyclic) bond motifs is 3. The van der Waals surface area contributed by atoms with Crippen molar-refractivity contribution >= 4 is 21.6 Å². The molecular weight excluding hydrogens is 426 g/mol. The topological polar surface area (TPSA) is 91.6 Å². The fraction of sp³-hybridized carbons (Fsp3) is 0.583. The Morgan fingerprint density at radius 1 is 1.28 bits per heavy atom. The van der Waals surface area contributed by atoms with E-state index >= 15 is 0 Å². The molecule has 0 aromatic carbocycles. The first-order chi connectivity index (χ1) is 15.7. The van der Waals surface area contributed by atoms with E-state index in [0.29, 0.717) is 31.6 Å². The molecule has 3 aromatic heterocycles. The van der Waals surface area contributed by atoms with E-state index in [1.54, 1.807) is 17.6 Å². The third-order valence-corrected chi connectivity index (χ3v) is 7.83. The number of thiophene rings is 1. The van der Waals surface area contributed by atoms with Gasteiger partial charge in [0, 0.05) is 17.5 Å². The summed E-state index contributed by atoms with van der Waals surface area (Å²) < 4.78 is 10.9. The summed E-state index contributed by atoms with van der Waals surface area (Å²) in [4.78, 5) is 25.2. The number of aryl methyl sites for hydroxylation is 2. The van der Waals surface area contributed by atoms with Crippen LogP contribution in [0.1, 0.15) is 60.6 Å². The van der Waals surface area contributed by atoms with Gasteiger partial charge in [0.25, 0.3) is 5.56 Å². The maximum Gasteiger partial charge on any atom is 0.259 e. The highest BCUT2D eigenvalue weighted by Gasteiger charge is 2.26. The number of rotatable bonds is 9. The van der Waals surface area contributed by atoms with Crippen molar-refractivity contribution in [3.05, 3.63) is 50.8 Å². The van der Waals surface area contributed by atoms with Gasteiger partial charge in [-0.2, -0.15) is 0 Å². The Kier molecular flexibility index (Phi) is 6.73. The molecule has 1 atom stereocenters. The van der Waals surface area contributed by atoms with Crippen molar-refractivity contribution in [2.24, 2.45) is 0 Å². The largest absolute Gasteiger partial charge is 0.467 e. The molecule has 172 valence electrons. The molecule has 0 amide bonds. The van der Waals surface area contributed by atoms with Gasteiger partial charge in [0.15, 0.2) is 0 Å². The Hall–Kier alpha value is -2.00. The van der Waals surface area contributed by atoms with Gasteiger partial charge < -0.3 is 19.2 Å². The van der Waals surface area contributed by atoms with Crippen LogP contribution in [-0.2, 0) is 30.7 Å². The molecule has 0 bridgehead atoms. The third kappa shape index (κ3) is 4.83. The Balaban J connectivity index is 1.29. The monoisotopic (exact) mass is 457 g/mol. The normalized spacial score (nSPS) is 17.9. The second kappa shape index (κ2) is 9.87. The van der Waals surface area contributed by atoms with Crippen LogP contribution in [-0.4, -0.2) is 45.3 Å². The average Bonchev–Trinajstić information content (AvgIpc) is 3.51. The average molecular weight is 458 g/mol. The lowest BCUT2D eigenvalue weighted by atomic mass is 9.94. The van der Waals surface area contributed by atoms with E-state index in [1.807, 2.05) is 12.1 Å². The van der Waals surface area contributed by atoms with Crippen molar-refractivity contribution in [1.82, 2.24) is 14.9 Å². The van der Waals surface area contributed by atoms with E-state index in [0.717, 1.165) is 48.1 Å². The van der Waals surface area contributed by atoms with Gasteiger partial charge in [-0.3, -0.25) is 9.69 Å². The molecule has 1 saturated carbocycles. The van der Waals surface area contributed by atoms with E-state index in [9.17, 15) is 9.90 Å². The fourth-order valence-corrected chi connectivity index (χ4v) is 6.40. The second-order valence-corrected chi connectivity index (χ2v) is 10.1. The van der Waals surface area contributed by atoms with Crippen LogP contribution in [0.5, 0.6) is 0 Å². The van der Waals surface area contributed by atoms with Crippen LogP contribution in [0.25, 0.3) is 10.2 Å². The molecule has 2 aliphatic rings. The Morgan fingerprint density at radius 3 is 2.97 bits per heavy atom. The lowest BCUT2D eigenvalue weighted by molar-refractivity contribution is -0.00766. The number of hydrogen-bond acceptors (Lipinski definition) is 7. The zero-order valence-corrected chi connectivity index (χ0v) is 19.2. The molecule has 0 radical (unpaired) electrons. The van der Waals surface area contributed by atoms with E-state index in [2.05, 4.69) is 9.88 Å². The van der Waals surface area contributed by atoms with Crippen molar-refractivity contribution < 1.29 is 14.3 Å². The van der Waals surface area contributed by atoms with E-state index < -0.39 is 6.10 Å². The van der Waals surface area contributed by atoms with Crippen molar-refractivity contribution in [2.75, 3.05) is 13.2 Å². The Labute approximate surface area is 191 Å².